The summed E-state index contributed by atoms with van der Waals surface area (Å²) in [5.41, 5.74) is 0. The first-order valence-electron chi connectivity index (χ1n) is 3.50. The molecule has 0 saturated heterocycles. The van der Waals surface area contributed by atoms with Crippen LogP contribution in [0.3, 0.4) is 0 Å². The normalized spacial score (nSPS) is 15.4. The van der Waals surface area contributed by atoms with E-state index in [0.717, 1.165) is 0 Å². The van der Waals surface area contributed by atoms with E-state index in [9.17, 15) is 0 Å². The molecule has 1 aromatic heterocycles. The third kappa shape index (κ3) is 12.9. The van der Waals surface area contributed by atoms with Crippen LogP contribution in [-0.2, 0) is 7.05 Å². The zero-order valence-corrected chi connectivity index (χ0v) is 15.5. The molecule has 1 rings (SSSR count). The quantitative estimate of drug-likeness (QED) is 0.317. The Bertz CT molecular complexity index is 385. The number of aryl methyl sites for hydroxylation is 1. The van der Waals surface area contributed by atoms with Gasteiger partial charge in [0.2, 0.25) is 0 Å². The van der Waals surface area contributed by atoms with Crippen LogP contribution >= 0.6 is 104 Å². The van der Waals surface area contributed by atoms with Gasteiger partial charge >= 0.3 is 74.7 Å². The molecule has 1 aromatic rings. The SMILES string of the molecule is C[n+]1ncc(Cl)c(Cl)c1Cl.Cl[P-](Cl)(Cl)(Cl)(Cl)Cl. The average molecular weight is 442 g/mol. The molecule has 12 heteroatoms. The second-order valence-electron chi connectivity index (χ2n) is 2.68. The Labute approximate surface area is 141 Å². The van der Waals surface area contributed by atoms with Crippen LogP contribution in [0, 0.1) is 0 Å². The molecule has 0 fully saturated rings. The zero-order valence-electron chi connectivity index (χ0n) is 7.82. The molecule has 17 heavy (non-hydrogen) atoms. The van der Waals surface area contributed by atoms with Crippen molar-refractivity contribution in [2.45, 2.75) is 0 Å². The van der Waals surface area contributed by atoms with Gasteiger partial charge in [-0.2, -0.15) is 0 Å². The van der Waals surface area contributed by atoms with Crippen LogP contribution < -0.4 is 4.68 Å². The Morgan fingerprint density at radius 1 is 1.00 bits per heavy atom. The Kier molecular flexibility index (Phi) is 6.17. The van der Waals surface area contributed by atoms with Crippen molar-refractivity contribution >= 4 is 104 Å². The van der Waals surface area contributed by atoms with Crippen LogP contribution in [0.15, 0.2) is 6.20 Å². The minimum atomic E-state index is -4.82. The van der Waals surface area contributed by atoms with Crippen molar-refractivity contribution in [1.29, 1.82) is 0 Å². The predicted molar refractivity (Wildman–Crippen MR) is 82.5 cm³/mol. The first-order chi connectivity index (χ1) is 7.08. The van der Waals surface area contributed by atoms with Crippen molar-refractivity contribution in [3.05, 3.63) is 21.4 Å². The Morgan fingerprint density at radius 2 is 1.35 bits per heavy atom. The van der Waals surface area contributed by atoms with Gasteiger partial charge in [-0.3, -0.25) is 0 Å². The number of hydrogen-bond acceptors (Lipinski definition) is 1. The molecule has 0 aliphatic carbocycles. The second-order valence-corrected chi connectivity index (χ2v) is 28.7. The van der Waals surface area contributed by atoms with E-state index in [0.29, 0.717) is 15.2 Å². The van der Waals surface area contributed by atoms with E-state index in [1.165, 1.54) is 10.9 Å². The van der Waals surface area contributed by atoms with Gasteiger partial charge in [-0.15, -0.1) is 0 Å². The molecule has 0 radical (unpaired) electrons. The molecule has 0 amide bonds. The number of nitrogens with zero attached hydrogens (tertiary/aromatic N) is 2. The minimum absolute atomic E-state index is 0.334. The third-order valence-corrected chi connectivity index (χ3v) is 2.32. The van der Waals surface area contributed by atoms with Gasteiger partial charge in [0.05, 0.1) is 5.02 Å². The number of halogens is 9. The average Bonchev–Trinajstić information content (AvgIpc) is 2.03. The molecule has 0 aliphatic rings. The van der Waals surface area contributed by atoms with E-state index >= 15 is 0 Å². The van der Waals surface area contributed by atoms with Crippen LogP contribution in [0.5, 0.6) is 0 Å². The van der Waals surface area contributed by atoms with Crippen molar-refractivity contribution in [2.24, 2.45) is 7.05 Å². The van der Waals surface area contributed by atoms with E-state index in [1.807, 2.05) is 0 Å². The first kappa shape index (κ1) is 19.1. The van der Waals surface area contributed by atoms with Crippen molar-refractivity contribution in [2.75, 3.05) is 0 Å². The molecule has 0 aliphatic heterocycles. The third-order valence-electron chi connectivity index (χ3n) is 1.02. The molecule has 0 atom stereocenters. The monoisotopic (exact) mass is 438 g/mol. The predicted octanol–water partition coefficient (Wildman–Crippen LogP) is 6.86. The number of rotatable bonds is 0. The summed E-state index contributed by atoms with van der Waals surface area (Å²) in [6.45, 7) is 0. The van der Waals surface area contributed by atoms with Gasteiger partial charge in [0.25, 0.3) is 0 Å². The molecule has 1 heterocycles. The van der Waals surface area contributed by atoms with Gasteiger partial charge in [-0.25, -0.2) is 0 Å². The maximum absolute atomic E-state index is 5.67. The Hall–Kier alpha value is 2.12. The summed E-state index contributed by atoms with van der Waals surface area (Å²) in [5.74, 6) is 0. The summed E-state index contributed by atoms with van der Waals surface area (Å²) in [4.78, 5) is 0. The van der Waals surface area contributed by atoms with E-state index in [-0.39, 0.29) is 0 Å². The molecule has 0 unspecified atom stereocenters. The van der Waals surface area contributed by atoms with Crippen molar-refractivity contribution in [3.8, 4) is 0 Å². The second kappa shape index (κ2) is 5.48. The fourth-order valence-electron chi connectivity index (χ4n) is 0.485. The van der Waals surface area contributed by atoms with Gasteiger partial charge in [-0.05, 0) is 16.7 Å². The van der Waals surface area contributed by atoms with Crippen LogP contribution in [0.4, 0.5) is 0 Å². The summed E-state index contributed by atoms with van der Waals surface area (Å²) in [6, 6.07) is 0. The number of aromatic nitrogens is 2. The Balaban J connectivity index is 0.000000325. The summed E-state index contributed by atoms with van der Waals surface area (Å²) in [6.07, 6.45) is 1.44. The summed E-state index contributed by atoms with van der Waals surface area (Å²) in [5, 5.41) is 4.85. The molecular weight excluding hydrogens is 438 g/mol. The molecule has 0 aromatic carbocycles. The fraction of sp³-hybridized carbons (Fsp3) is 0.200. The maximum atomic E-state index is 5.67. The fourth-order valence-corrected chi connectivity index (χ4v) is 0.983. The Morgan fingerprint density at radius 3 is 1.65 bits per heavy atom. The van der Waals surface area contributed by atoms with Crippen molar-refractivity contribution < 1.29 is 4.68 Å². The van der Waals surface area contributed by atoms with Crippen molar-refractivity contribution in [1.82, 2.24) is 5.10 Å². The first-order valence-corrected chi connectivity index (χ1v) is 12.7. The van der Waals surface area contributed by atoms with E-state index in [4.69, 9.17) is 102 Å². The van der Waals surface area contributed by atoms with Gasteiger partial charge < -0.3 is 0 Å². The summed E-state index contributed by atoms with van der Waals surface area (Å²) >= 11 is 46.9. The summed E-state index contributed by atoms with van der Waals surface area (Å²) < 4.78 is -3.38. The zero-order chi connectivity index (χ0) is 14.1. The molecule has 2 nitrogen and oxygen atoms in total. The van der Waals surface area contributed by atoms with Crippen molar-refractivity contribution in [3.63, 3.8) is 0 Å². The molecule has 0 spiro atoms. The molecular formula is C5H4Cl9N2P. The topological polar surface area (TPSA) is 16.8 Å². The van der Waals surface area contributed by atoms with Crippen LogP contribution in [-0.4, -0.2) is 5.10 Å². The van der Waals surface area contributed by atoms with E-state index < -0.39 is 2.06 Å². The van der Waals surface area contributed by atoms with E-state index in [2.05, 4.69) is 5.10 Å². The molecule has 0 bridgehead atoms. The van der Waals surface area contributed by atoms with E-state index in [1.54, 1.807) is 7.05 Å². The van der Waals surface area contributed by atoms with Crippen LogP contribution in [0.25, 0.3) is 0 Å². The summed E-state index contributed by atoms with van der Waals surface area (Å²) in [7, 11) is 1.69. The molecule has 0 N–H and O–H groups in total. The molecule has 0 saturated carbocycles. The van der Waals surface area contributed by atoms with Crippen LogP contribution in [0.1, 0.15) is 0 Å². The standard InChI is InChI=1S/C5H4Cl3N2.Cl6P/c1-10-5(8)4(7)3(6)2-9-10;1-7(2,3,4,5)6/h2H,1H3;/q+1;-1. The van der Waals surface area contributed by atoms with Gasteiger partial charge in [0.1, 0.15) is 11.2 Å². The van der Waals surface area contributed by atoms with Gasteiger partial charge in [-0.1, -0.05) is 27.9 Å². The van der Waals surface area contributed by atoms with Gasteiger partial charge in [0.15, 0.2) is 7.05 Å². The van der Waals surface area contributed by atoms with Crippen LogP contribution in [0.2, 0.25) is 15.2 Å². The van der Waals surface area contributed by atoms with Gasteiger partial charge in [0, 0.05) is 0 Å². The molecule has 102 valence electrons. The number of hydrogen-bond donors (Lipinski definition) is 0.